The molecule has 2 N–H and O–H groups in total. The lowest BCUT2D eigenvalue weighted by Crippen LogP contribution is -2.27. The van der Waals surface area contributed by atoms with Gasteiger partial charge in [-0.3, -0.25) is 9.59 Å². The van der Waals surface area contributed by atoms with E-state index in [1.165, 1.54) is 23.1 Å². The summed E-state index contributed by atoms with van der Waals surface area (Å²) in [4.78, 5) is 26.6. The molecule has 1 amide bonds. The maximum absolute atomic E-state index is 11.8. The molecule has 0 aliphatic carbocycles. The summed E-state index contributed by atoms with van der Waals surface area (Å²) in [6, 6.07) is 0. The number of H-pyrrole nitrogens is 1. The molecule has 0 aliphatic rings. The van der Waals surface area contributed by atoms with Crippen LogP contribution >= 0.6 is 23.1 Å². The van der Waals surface area contributed by atoms with Gasteiger partial charge in [0.05, 0.1) is 12.3 Å². The summed E-state index contributed by atoms with van der Waals surface area (Å²) in [5, 5.41) is 11.5. The fourth-order valence-electron chi connectivity index (χ4n) is 1.69. The van der Waals surface area contributed by atoms with Crippen LogP contribution in [0.5, 0.6) is 0 Å². The zero-order valence-corrected chi connectivity index (χ0v) is 13.7. The van der Waals surface area contributed by atoms with Gasteiger partial charge in [0, 0.05) is 23.0 Å². The van der Waals surface area contributed by atoms with Gasteiger partial charge in [-0.1, -0.05) is 23.1 Å². The number of aromatic amines is 1. The number of pyridine rings is 1. The number of rotatable bonds is 5. The van der Waals surface area contributed by atoms with Gasteiger partial charge in [-0.15, -0.1) is 10.2 Å². The predicted octanol–water partition coefficient (Wildman–Crippen LogP) is 1.56. The largest absolute Gasteiger partial charge is 0.363 e. The van der Waals surface area contributed by atoms with Crippen molar-refractivity contribution in [3.8, 4) is 0 Å². The Bertz CT molecular complexity index is 708. The van der Waals surface area contributed by atoms with Crippen LogP contribution in [0.25, 0.3) is 0 Å². The van der Waals surface area contributed by atoms with Crippen molar-refractivity contribution in [3.63, 3.8) is 0 Å². The molecule has 0 atom stereocenters. The molecule has 0 fully saturated rings. The van der Waals surface area contributed by atoms with Gasteiger partial charge in [0.15, 0.2) is 9.77 Å². The van der Waals surface area contributed by atoms with E-state index in [-0.39, 0.29) is 17.1 Å². The molecule has 0 aliphatic heterocycles. The zero-order valence-electron chi connectivity index (χ0n) is 12.0. The van der Waals surface area contributed by atoms with Crippen molar-refractivity contribution >= 4 is 29.0 Å². The SMILES string of the molecule is Cc1nnc(SCC(=O)NCc2[nH]cc(C)c(=O)c2C)s1. The first-order chi connectivity index (χ1) is 9.97. The van der Waals surface area contributed by atoms with Crippen LogP contribution in [0.4, 0.5) is 0 Å². The zero-order chi connectivity index (χ0) is 15.4. The Morgan fingerprint density at radius 1 is 1.38 bits per heavy atom. The second-order valence-corrected chi connectivity index (χ2v) is 6.96. The third-order valence-corrected chi connectivity index (χ3v) is 4.88. The average Bonchev–Trinajstić information content (AvgIpc) is 2.87. The molecule has 0 unspecified atom stereocenters. The van der Waals surface area contributed by atoms with Crippen molar-refractivity contribution in [1.29, 1.82) is 0 Å². The minimum absolute atomic E-state index is 0.0108. The van der Waals surface area contributed by atoms with Crippen LogP contribution in [0.3, 0.4) is 0 Å². The highest BCUT2D eigenvalue weighted by atomic mass is 32.2. The number of amides is 1. The molecule has 0 radical (unpaired) electrons. The fourth-order valence-corrected chi connectivity index (χ4v) is 3.33. The maximum atomic E-state index is 11.8. The molecular formula is C13H16N4O2S2. The molecule has 6 nitrogen and oxygen atoms in total. The lowest BCUT2D eigenvalue weighted by molar-refractivity contribution is -0.118. The number of thioether (sulfide) groups is 1. The summed E-state index contributed by atoms with van der Waals surface area (Å²) < 4.78 is 0.780. The monoisotopic (exact) mass is 324 g/mol. The van der Waals surface area contributed by atoms with E-state index < -0.39 is 0 Å². The molecule has 0 aromatic carbocycles. The second kappa shape index (κ2) is 6.86. The molecule has 2 aromatic rings. The first-order valence-electron chi connectivity index (χ1n) is 6.34. The molecule has 112 valence electrons. The maximum Gasteiger partial charge on any atom is 0.230 e. The summed E-state index contributed by atoms with van der Waals surface area (Å²) in [7, 11) is 0. The molecule has 0 saturated carbocycles. The molecule has 2 aromatic heterocycles. The van der Waals surface area contributed by atoms with Gasteiger partial charge in [-0.2, -0.15) is 0 Å². The van der Waals surface area contributed by atoms with Crippen LogP contribution in [-0.2, 0) is 11.3 Å². The van der Waals surface area contributed by atoms with Gasteiger partial charge in [-0.25, -0.2) is 0 Å². The number of aromatic nitrogens is 3. The quantitative estimate of drug-likeness (QED) is 0.815. The summed E-state index contributed by atoms with van der Waals surface area (Å²) in [6.45, 7) is 5.70. The van der Waals surface area contributed by atoms with Crippen LogP contribution in [0, 0.1) is 20.8 Å². The Hall–Kier alpha value is -1.67. The third kappa shape index (κ3) is 4.15. The lowest BCUT2D eigenvalue weighted by atomic mass is 10.1. The minimum Gasteiger partial charge on any atom is -0.363 e. The first kappa shape index (κ1) is 15.7. The number of hydrogen-bond donors (Lipinski definition) is 2. The Kier molecular flexibility index (Phi) is 5.13. The van der Waals surface area contributed by atoms with Crippen molar-refractivity contribution in [3.05, 3.63) is 38.2 Å². The highest BCUT2D eigenvalue weighted by molar-refractivity contribution is 8.01. The number of aryl methyl sites for hydroxylation is 2. The highest BCUT2D eigenvalue weighted by Gasteiger charge is 2.09. The van der Waals surface area contributed by atoms with Crippen molar-refractivity contribution in [2.75, 3.05) is 5.75 Å². The van der Waals surface area contributed by atoms with Crippen molar-refractivity contribution in [2.45, 2.75) is 31.7 Å². The normalized spacial score (nSPS) is 10.6. The standard InChI is InChI=1S/C13H16N4O2S2/c1-7-4-14-10(8(2)12(7)19)5-15-11(18)6-20-13-17-16-9(3)21-13/h4H,5-6H2,1-3H3,(H,14,19)(H,15,18). The topological polar surface area (TPSA) is 87.7 Å². The van der Waals surface area contributed by atoms with Gasteiger partial charge in [-0.05, 0) is 20.8 Å². The Morgan fingerprint density at radius 3 is 2.81 bits per heavy atom. The number of carbonyl (C=O) groups is 1. The molecule has 2 rings (SSSR count). The van der Waals surface area contributed by atoms with E-state index in [4.69, 9.17) is 0 Å². The molecule has 8 heteroatoms. The summed E-state index contributed by atoms with van der Waals surface area (Å²) in [6.07, 6.45) is 1.66. The van der Waals surface area contributed by atoms with Gasteiger partial charge < -0.3 is 10.3 Å². The Morgan fingerprint density at radius 2 is 2.14 bits per heavy atom. The van der Waals surface area contributed by atoms with Crippen molar-refractivity contribution < 1.29 is 4.79 Å². The highest BCUT2D eigenvalue weighted by Crippen LogP contribution is 2.21. The van der Waals surface area contributed by atoms with Crippen molar-refractivity contribution in [1.82, 2.24) is 20.5 Å². The molecule has 0 bridgehead atoms. The van der Waals surface area contributed by atoms with Crippen LogP contribution in [-0.4, -0.2) is 26.8 Å². The number of hydrogen-bond acceptors (Lipinski definition) is 6. The smallest absolute Gasteiger partial charge is 0.230 e. The first-order valence-corrected chi connectivity index (χ1v) is 8.15. The van der Waals surface area contributed by atoms with Gasteiger partial charge in [0.2, 0.25) is 5.91 Å². The minimum atomic E-state index is -0.103. The van der Waals surface area contributed by atoms with Gasteiger partial charge in [0.1, 0.15) is 5.01 Å². The summed E-state index contributed by atoms with van der Waals surface area (Å²) in [5.41, 5.74) is 2.06. The van der Waals surface area contributed by atoms with E-state index >= 15 is 0 Å². The molecule has 0 saturated heterocycles. The summed E-state index contributed by atoms with van der Waals surface area (Å²) in [5.74, 6) is 0.178. The Labute approximate surface area is 130 Å². The average molecular weight is 324 g/mol. The molecule has 2 heterocycles. The number of nitrogens with zero attached hydrogens (tertiary/aromatic N) is 2. The van der Waals surface area contributed by atoms with Crippen LogP contribution < -0.4 is 10.7 Å². The van der Waals surface area contributed by atoms with Crippen molar-refractivity contribution in [2.24, 2.45) is 0 Å². The summed E-state index contributed by atoms with van der Waals surface area (Å²) >= 11 is 2.82. The molecule has 0 spiro atoms. The van der Waals surface area contributed by atoms with Crippen LogP contribution in [0.15, 0.2) is 15.3 Å². The number of carbonyl (C=O) groups excluding carboxylic acids is 1. The van der Waals surface area contributed by atoms with Gasteiger partial charge >= 0.3 is 0 Å². The van der Waals surface area contributed by atoms with E-state index in [9.17, 15) is 9.59 Å². The van der Waals surface area contributed by atoms with E-state index in [1.54, 1.807) is 20.0 Å². The molecule has 21 heavy (non-hydrogen) atoms. The van der Waals surface area contributed by atoms with E-state index in [2.05, 4.69) is 20.5 Å². The Balaban J connectivity index is 1.87. The second-order valence-electron chi connectivity index (χ2n) is 4.56. The van der Waals surface area contributed by atoms with Crippen LogP contribution in [0.1, 0.15) is 21.8 Å². The molecular weight excluding hydrogens is 308 g/mol. The van der Waals surface area contributed by atoms with E-state index in [0.717, 1.165) is 15.0 Å². The predicted molar refractivity (Wildman–Crippen MR) is 83.8 cm³/mol. The van der Waals surface area contributed by atoms with Crippen LogP contribution in [0.2, 0.25) is 0 Å². The van der Waals surface area contributed by atoms with E-state index in [0.29, 0.717) is 17.7 Å². The fraction of sp³-hybridized carbons (Fsp3) is 0.385. The number of nitrogens with one attached hydrogen (secondary N) is 2. The lowest BCUT2D eigenvalue weighted by Gasteiger charge is -2.08. The van der Waals surface area contributed by atoms with E-state index in [1.807, 2.05) is 6.92 Å². The third-order valence-electron chi connectivity index (χ3n) is 2.91. The van der Waals surface area contributed by atoms with Gasteiger partial charge in [0.25, 0.3) is 0 Å².